The van der Waals surface area contributed by atoms with E-state index >= 15 is 0 Å². The van der Waals surface area contributed by atoms with Gasteiger partial charge in [0.05, 0.1) is 9.81 Å². The maximum atomic E-state index is 12.1. The van der Waals surface area contributed by atoms with Gasteiger partial charge in [-0.1, -0.05) is 104 Å². The normalized spacial score (nSPS) is 14.1. The third-order valence-electron chi connectivity index (χ3n) is 5.33. The Hall–Kier alpha value is -0.420. The summed E-state index contributed by atoms with van der Waals surface area (Å²) in [6.07, 6.45) is 20.6. The summed E-state index contributed by atoms with van der Waals surface area (Å²) >= 11 is 3.16. The fraction of sp³-hybridized carbons (Fsp3) is 0.833. The molecular weight excluding hydrogens is 398 g/mol. The zero-order chi connectivity index (χ0) is 21.2. The van der Waals surface area contributed by atoms with E-state index in [1.165, 1.54) is 89.9 Å². The summed E-state index contributed by atoms with van der Waals surface area (Å²) in [5.41, 5.74) is 0. The monoisotopic (exact) mass is 441 g/mol. The molecule has 1 aliphatic heterocycles. The van der Waals surface area contributed by atoms with Crippen LogP contribution in [0.15, 0.2) is 9.81 Å². The fourth-order valence-electron chi connectivity index (χ4n) is 3.51. The molecule has 0 aromatic carbocycles. The Morgan fingerprint density at radius 1 is 0.517 bits per heavy atom. The Kier molecular flexibility index (Phi) is 16.8. The number of hydrogen-bond acceptors (Lipinski definition) is 4. The molecule has 0 unspecified atom stereocenters. The van der Waals surface area contributed by atoms with E-state index in [1.807, 2.05) is 0 Å². The number of carbonyl (C=O) groups is 2. The number of nitrogens with one attached hydrogen (secondary N) is 1. The predicted octanol–water partition coefficient (Wildman–Crippen LogP) is 7.60. The van der Waals surface area contributed by atoms with Crippen molar-refractivity contribution >= 4 is 35.3 Å². The maximum Gasteiger partial charge on any atom is 0.265 e. The van der Waals surface area contributed by atoms with E-state index in [1.54, 1.807) is 23.5 Å². The van der Waals surface area contributed by atoms with Crippen molar-refractivity contribution in [2.45, 2.75) is 117 Å². The van der Waals surface area contributed by atoms with Crippen LogP contribution < -0.4 is 5.32 Å². The molecule has 2 amide bonds. The molecule has 0 atom stereocenters. The first-order chi connectivity index (χ1) is 14.2. The third-order valence-corrected chi connectivity index (χ3v) is 7.81. The highest BCUT2D eigenvalue weighted by Crippen LogP contribution is 2.33. The lowest BCUT2D eigenvalue weighted by atomic mass is 10.1. The lowest BCUT2D eigenvalue weighted by molar-refractivity contribution is -0.123. The first-order valence-corrected chi connectivity index (χ1v) is 14.0. The molecule has 0 saturated carbocycles. The van der Waals surface area contributed by atoms with Gasteiger partial charge in [0.25, 0.3) is 11.8 Å². The largest absolute Gasteiger partial charge is 0.287 e. The zero-order valence-corrected chi connectivity index (χ0v) is 20.5. The molecule has 0 aromatic heterocycles. The van der Waals surface area contributed by atoms with Gasteiger partial charge in [0.1, 0.15) is 0 Å². The molecule has 29 heavy (non-hydrogen) atoms. The molecule has 1 aliphatic rings. The SMILES string of the molecule is CCCCCCCCCCSC1=C(SCCCCCCCCCC)C(=O)NC1=O. The number of unbranched alkanes of at least 4 members (excludes halogenated alkanes) is 14. The highest BCUT2D eigenvalue weighted by molar-refractivity contribution is 8.08. The van der Waals surface area contributed by atoms with Crippen LogP contribution in [0, 0.1) is 0 Å². The van der Waals surface area contributed by atoms with E-state index in [0.29, 0.717) is 9.81 Å². The summed E-state index contributed by atoms with van der Waals surface area (Å²) in [6.45, 7) is 4.50. The molecule has 0 aliphatic carbocycles. The summed E-state index contributed by atoms with van der Waals surface area (Å²) in [7, 11) is 0. The van der Waals surface area contributed by atoms with Crippen LogP contribution in [0.25, 0.3) is 0 Å². The highest BCUT2D eigenvalue weighted by atomic mass is 32.2. The van der Waals surface area contributed by atoms with E-state index in [9.17, 15) is 9.59 Å². The van der Waals surface area contributed by atoms with Gasteiger partial charge in [-0.05, 0) is 24.3 Å². The van der Waals surface area contributed by atoms with E-state index < -0.39 is 0 Å². The van der Waals surface area contributed by atoms with Crippen molar-refractivity contribution in [3.63, 3.8) is 0 Å². The van der Waals surface area contributed by atoms with Gasteiger partial charge in [0, 0.05) is 0 Å². The van der Waals surface area contributed by atoms with Crippen LogP contribution in [0.1, 0.15) is 117 Å². The number of carbonyl (C=O) groups excluding carboxylic acids is 2. The summed E-state index contributed by atoms with van der Waals surface area (Å²) in [6, 6.07) is 0. The predicted molar refractivity (Wildman–Crippen MR) is 130 cm³/mol. The molecule has 168 valence electrons. The molecule has 0 bridgehead atoms. The van der Waals surface area contributed by atoms with Crippen molar-refractivity contribution in [1.29, 1.82) is 0 Å². The van der Waals surface area contributed by atoms with Crippen molar-refractivity contribution in [3.8, 4) is 0 Å². The minimum Gasteiger partial charge on any atom is -0.287 e. The van der Waals surface area contributed by atoms with Crippen molar-refractivity contribution in [2.75, 3.05) is 11.5 Å². The molecular formula is C24H43NO2S2. The van der Waals surface area contributed by atoms with Gasteiger partial charge in [-0.2, -0.15) is 0 Å². The third kappa shape index (κ3) is 12.8. The smallest absolute Gasteiger partial charge is 0.265 e. The van der Waals surface area contributed by atoms with Crippen molar-refractivity contribution < 1.29 is 9.59 Å². The zero-order valence-electron chi connectivity index (χ0n) is 18.9. The Balaban J connectivity index is 2.16. The molecule has 1 heterocycles. The van der Waals surface area contributed by atoms with Gasteiger partial charge in [0.15, 0.2) is 0 Å². The quantitative estimate of drug-likeness (QED) is 0.156. The van der Waals surface area contributed by atoms with Crippen molar-refractivity contribution in [2.24, 2.45) is 0 Å². The first kappa shape index (κ1) is 26.6. The molecule has 0 aromatic rings. The first-order valence-electron chi connectivity index (χ1n) is 12.1. The molecule has 0 fully saturated rings. The van der Waals surface area contributed by atoms with Gasteiger partial charge in [-0.25, -0.2) is 0 Å². The Bertz CT molecular complexity index is 449. The summed E-state index contributed by atoms with van der Waals surface area (Å²) < 4.78 is 0. The summed E-state index contributed by atoms with van der Waals surface area (Å²) in [4.78, 5) is 25.5. The van der Waals surface area contributed by atoms with Crippen LogP contribution >= 0.6 is 23.5 Å². The van der Waals surface area contributed by atoms with E-state index in [0.717, 1.165) is 24.3 Å². The number of imide groups is 1. The molecule has 1 N–H and O–H groups in total. The summed E-state index contributed by atoms with van der Waals surface area (Å²) in [5, 5.41) is 2.48. The number of rotatable bonds is 20. The minimum atomic E-state index is -0.182. The second-order valence-corrected chi connectivity index (χ2v) is 10.3. The van der Waals surface area contributed by atoms with Crippen LogP contribution in [0.3, 0.4) is 0 Å². The average Bonchev–Trinajstić information content (AvgIpc) is 2.98. The van der Waals surface area contributed by atoms with Gasteiger partial charge < -0.3 is 0 Å². The average molecular weight is 442 g/mol. The summed E-state index contributed by atoms with van der Waals surface area (Å²) in [5.74, 6) is 1.51. The van der Waals surface area contributed by atoms with Crippen molar-refractivity contribution in [1.82, 2.24) is 5.32 Å². The topological polar surface area (TPSA) is 46.2 Å². The van der Waals surface area contributed by atoms with Crippen LogP contribution in [-0.4, -0.2) is 23.3 Å². The van der Waals surface area contributed by atoms with Gasteiger partial charge >= 0.3 is 0 Å². The molecule has 0 saturated heterocycles. The van der Waals surface area contributed by atoms with Crippen LogP contribution in [0.5, 0.6) is 0 Å². The van der Waals surface area contributed by atoms with Gasteiger partial charge in [0.2, 0.25) is 0 Å². The van der Waals surface area contributed by atoms with Crippen LogP contribution in [0.2, 0.25) is 0 Å². The maximum absolute atomic E-state index is 12.1. The lowest BCUT2D eigenvalue weighted by Crippen LogP contribution is -2.22. The van der Waals surface area contributed by atoms with Crippen LogP contribution in [-0.2, 0) is 9.59 Å². The van der Waals surface area contributed by atoms with Gasteiger partial charge in [-0.3, -0.25) is 14.9 Å². The highest BCUT2D eigenvalue weighted by Gasteiger charge is 2.30. The molecule has 0 radical (unpaired) electrons. The molecule has 1 rings (SSSR count). The molecule has 0 spiro atoms. The fourth-order valence-corrected chi connectivity index (χ4v) is 5.78. The minimum absolute atomic E-state index is 0.182. The van der Waals surface area contributed by atoms with Crippen molar-refractivity contribution in [3.05, 3.63) is 9.81 Å². The Morgan fingerprint density at radius 2 is 0.828 bits per heavy atom. The number of hydrogen-bond donors (Lipinski definition) is 1. The van der Waals surface area contributed by atoms with E-state index in [2.05, 4.69) is 19.2 Å². The van der Waals surface area contributed by atoms with Gasteiger partial charge in [-0.15, -0.1) is 23.5 Å². The lowest BCUT2D eigenvalue weighted by Gasteiger charge is -2.05. The molecule has 5 heteroatoms. The number of amides is 2. The number of thioether (sulfide) groups is 2. The second kappa shape index (κ2) is 18.4. The molecule has 3 nitrogen and oxygen atoms in total. The second-order valence-electron chi connectivity index (χ2n) is 8.09. The Morgan fingerprint density at radius 3 is 1.17 bits per heavy atom. The van der Waals surface area contributed by atoms with E-state index in [-0.39, 0.29) is 11.8 Å². The Labute approximate surface area is 188 Å². The standard InChI is InChI=1S/C24H43NO2S2/c1-3-5-7-9-11-13-15-17-19-28-21-22(24(27)25-23(21)26)29-20-18-16-14-12-10-8-6-4-2/h3-20H2,1-2H3,(H,25,26,27). The van der Waals surface area contributed by atoms with Crippen LogP contribution in [0.4, 0.5) is 0 Å². The van der Waals surface area contributed by atoms with E-state index in [4.69, 9.17) is 0 Å².